The van der Waals surface area contributed by atoms with Crippen LogP contribution in [0.2, 0.25) is 0 Å². The molecule has 9 heteroatoms. The lowest BCUT2D eigenvalue weighted by Crippen LogP contribution is -2.49. The molecular weight excluding hydrogens is 396 g/mol. The number of benzene rings is 1. The summed E-state index contributed by atoms with van der Waals surface area (Å²) in [6, 6.07) is 8.75. The molecule has 1 aliphatic rings. The van der Waals surface area contributed by atoms with Crippen LogP contribution in [0.4, 0.5) is 11.5 Å². The Labute approximate surface area is 179 Å². The van der Waals surface area contributed by atoms with E-state index in [-0.39, 0.29) is 11.5 Å². The van der Waals surface area contributed by atoms with Gasteiger partial charge in [-0.05, 0) is 19.1 Å². The van der Waals surface area contributed by atoms with E-state index >= 15 is 0 Å². The van der Waals surface area contributed by atoms with E-state index in [1.165, 1.54) is 10.9 Å². The minimum Gasteiger partial charge on any atom is -0.494 e. The van der Waals surface area contributed by atoms with Crippen LogP contribution in [0.15, 0.2) is 41.3 Å². The summed E-state index contributed by atoms with van der Waals surface area (Å²) < 4.78 is 6.73. The van der Waals surface area contributed by atoms with Crippen molar-refractivity contribution >= 4 is 28.2 Å². The van der Waals surface area contributed by atoms with Gasteiger partial charge in [-0.15, -0.1) is 0 Å². The summed E-state index contributed by atoms with van der Waals surface area (Å²) in [5.74, 6) is 1.00. The number of hydrogen-bond acceptors (Lipinski definition) is 6. The molecule has 1 aromatic carbocycles. The Bertz CT molecular complexity index is 1240. The summed E-state index contributed by atoms with van der Waals surface area (Å²) in [6.07, 6.45) is 1.52. The number of methoxy groups -OCH3 is 1. The number of amides is 1. The second-order valence-electron chi connectivity index (χ2n) is 7.13. The molecular formula is C22H22N6O3. The smallest absolute Gasteiger partial charge is 0.275 e. The Morgan fingerprint density at radius 3 is 2.55 bits per heavy atom. The van der Waals surface area contributed by atoms with E-state index in [0.29, 0.717) is 66.4 Å². The minimum absolute atomic E-state index is 0.193. The standard InChI is InChI=1S/C22H22N6O3/c1-4-28-21(29)17-8-6-5-7-16(17)19(25-28)22(30)27-11-9-26(10-12-27)20-18(31-3)13-15(23-2)14-24-20/h5-8,13-14H,4,9-12H2,1,3H3. The predicted octanol–water partition coefficient (Wildman–Crippen LogP) is 2.33. The fraction of sp³-hybridized carbons (Fsp3) is 0.318. The number of ether oxygens (including phenoxy) is 1. The van der Waals surface area contributed by atoms with E-state index in [4.69, 9.17) is 11.3 Å². The number of anilines is 1. The topological polar surface area (TPSA) is 84.9 Å². The van der Waals surface area contributed by atoms with Gasteiger partial charge in [0.2, 0.25) is 5.69 Å². The van der Waals surface area contributed by atoms with Gasteiger partial charge in [-0.3, -0.25) is 9.59 Å². The molecule has 3 aromatic rings. The molecule has 0 N–H and O–H groups in total. The van der Waals surface area contributed by atoms with E-state index in [2.05, 4.69) is 14.9 Å². The van der Waals surface area contributed by atoms with E-state index in [9.17, 15) is 9.59 Å². The van der Waals surface area contributed by atoms with Crippen LogP contribution in [0.1, 0.15) is 17.4 Å². The van der Waals surface area contributed by atoms with Gasteiger partial charge in [0.05, 0.1) is 19.1 Å². The monoisotopic (exact) mass is 418 g/mol. The zero-order chi connectivity index (χ0) is 22.0. The molecule has 4 rings (SSSR count). The highest BCUT2D eigenvalue weighted by atomic mass is 16.5. The molecule has 0 spiro atoms. The summed E-state index contributed by atoms with van der Waals surface area (Å²) in [7, 11) is 1.55. The number of piperazine rings is 1. The number of fused-ring (bicyclic) bond motifs is 1. The molecule has 0 unspecified atom stereocenters. The Kier molecular flexibility index (Phi) is 5.54. The lowest BCUT2D eigenvalue weighted by Gasteiger charge is -2.35. The molecule has 1 saturated heterocycles. The van der Waals surface area contributed by atoms with Crippen LogP contribution in [0.3, 0.4) is 0 Å². The van der Waals surface area contributed by atoms with Gasteiger partial charge in [0, 0.05) is 44.3 Å². The fourth-order valence-electron chi connectivity index (χ4n) is 3.75. The molecule has 0 radical (unpaired) electrons. The van der Waals surface area contributed by atoms with Gasteiger partial charge in [0.1, 0.15) is 0 Å². The van der Waals surface area contributed by atoms with Crippen molar-refractivity contribution < 1.29 is 9.53 Å². The number of carbonyl (C=O) groups is 1. The van der Waals surface area contributed by atoms with Gasteiger partial charge in [-0.2, -0.15) is 5.10 Å². The van der Waals surface area contributed by atoms with Gasteiger partial charge in [0.15, 0.2) is 17.3 Å². The van der Waals surface area contributed by atoms with Gasteiger partial charge < -0.3 is 14.5 Å². The maximum absolute atomic E-state index is 13.3. The Morgan fingerprint density at radius 1 is 1.19 bits per heavy atom. The molecule has 3 heterocycles. The molecule has 0 bridgehead atoms. The number of aryl methyl sites for hydroxylation is 1. The van der Waals surface area contributed by atoms with Gasteiger partial charge in [0.25, 0.3) is 11.5 Å². The SMILES string of the molecule is [C-]#[N+]c1cnc(N2CCN(C(=O)c3nn(CC)c(=O)c4ccccc34)CC2)c(OC)c1. The first-order valence-electron chi connectivity index (χ1n) is 10.0. The Morgan fingerprint density at radius 2 is 1.90 bits per heavy atom. The molecule has 2 aromatic heterocycles. The van der Waals surface area contributed by atoms with Crippen molar-refractivity contribution in [1.82, 2.24) is 19.7 Å². The zero-order valence-electron chi connectivity index (χ0n) is 17.4. The van der Waals surface area contributed by atoms with Gasteiger partial charge >= 0.3 is 0 Å². The van der Waals surface area contributed by atoms with Crippen LogP contribution < -0.4 is 15.2 Å². The lowest BCUT2D eigenvalue weighted by atomic mass is 10.1. The normalized spacial score (nSPS) is 13.8. The quantitative estimate of drug-likeness (QED) is 0.605. The molecule has 158 valence electrons. The van der Waals surface area contributed by atoms with Crippen LogP contribution in [0.5, 0.6) is 5.75 Å². The van der Waals surface area contributed by atoms with Crippen molar-refractivity contribution in [2.45, 2.75) is 13.5 Å². The molecule has 0 aliphatic carbocycles. The summed E-state index contributed by atoms with van der Waals surface area (Å²) in [4.78, 5) is 37.4. The number of nitrogens with zero attached hydrogens (tertiary/aromatic N) is 6. The van der Waals surface area contributed by atoms with Crippen molar-refractivity contribution in [2.75, 3.05) is 38.2 Å². The number of pyridine rings is 1. The van der Waals surface area contributed by atoms with Crippen molar-refractivity contribution in [2.24, 2.45) is 0 Å². The van der Waals surface area contributed by atoms with Crippen LogP contribution in [-0.4, -0.2) is 58.9 Å². The first-order chi connectivity index (χ1) is 15.1. The number of aromatic nitrogens is 3. The van der Waals surface area contributed by atoms with Gasteiger partial charge in [-0.25, -0.2) is 14.5 Å². The minimum atomic E-state index is -0.194. The second-order valence-corrected chi connectivity index (χ2v) is 7.13. The zero-order valence-corrected chi connectivity index (χ0v) is 17.4. The summed E-state index contributed by atoms with van der Waals surface area (Å²) >= 11 is 0. The number of rotatable bonds is 4. The molecule has 0 saturated carbocycles. The van der Waals surface area contributed by atoms with Gasteiger partial charge in [-0.1, -0.05) is 18.2 Å². The lowest BCUT2D eigenvalue weighted by molar-refractivity contribution is 0.0740. The Balaban J connectivity index is 1.58. The third-order valence-electron chi connectivity index (χ3n) is 5.40. The summed E-state index contributed by atoms with van der Waals surface area (Å²) in [6.45, 7) is 11.4. The first-order valence-corrected chi connectivity index (χ1v) is 10.0. The third kappa shape index (κ3) is 3.68. The highest BCUT2D eigenvalue weighted by Crippen LogP contribution is 2.30. The number of carbonyl (C=O) groups excluding carboxylic acids is 1. The van der Waals surface area contributed by atoms with E-state index in [0.717, 1.165) is 0 Å². The Hall–Kier alpha value is -3.93. The largest absolute Gasteiger partial charge is 0.494 e. The maximum Gasteiger partial charge on any atom is 0.275 e. The van der Waals surface area contributed by atoms with Crippen molar-refractivity contribution in [3.8, 4) is 5.75 Å². The van der Waals surface area contributed by atoms with E-state index in [1.807, 2.05) is 11.8 Å². The predicted molar refractivity (Wildman–Crippen MR) is 117 cm³/mol. The average Bonchev–Trinajstić information content (AvgIpc) is 2.83. The third-order valence-corrected chi connectivity index (χ3v) is 5.40. The summed E-state index contributed by atoms with van der Waals surface area (Å²) in [5.41, 5.74) is 0.515. The van der Waals surface area contributed by atoms with Crippen LogP contribution >= 0.6 is 0 Å². The van der Waals surface area contributed by atoms with Crippen molar-refractivity contribution in [3.63, 3.8) is 0 Å². The highest BCUT2D eigenvalue weighted by molar-refractivity contribution is 6.04. The molecule has 1 fully saturated rings. The van der Waals surface area contributed by atoms with E-state index < -0.39 is 0 Å². The van der Waals surface area contributed by atoms with Crippen molar-refractivity contribution in [3.05, 3.63) is 64.0 Å². The van der Waals surface area contributed by atoms with E-state index in [1.54, 1.807) is 42.3 Å². The molecule has 9 nitrogen and oxygen atoms in total. The van der Waals surface area contributed by atoms with Crippen LogP contribution in [-0.2, 0) is 6.54 Å². The number of hydrogen-bond donors (Lipinski definition) is 0. The molecule has 1 amide bonds. The van der Waals surface area contributed by atoms with Crippen LogP contribution in [0.25, 0.3) is 15.6 Å². The molecule has 31 heavy (non-hydrogen) atoms. The first kappa shape index (κ1) is 20.3. The maximum atomic E-state index is 13.3. The van der Waals surface area contributed by atoms with Crippen molar-refractivity contribution in [1.29, 1.82) is 0 Å². The summed E-state index contributed by atoms with van der Waals surface area (Å²) in [5, 5.41) is 5.42. The average molecular weight is 418 g/mol. The molecule has 1 aliphatic heterocycles. The highest BCUT2D eigenvalue weighted by Gasteiger charge is 2.27. The fourth-order valence-corrected chi connectivity index (χ4v) is 3.75. The molecule has 0 atom stereocenters. The second kappa shape index (κ2) is 8.44. The van der Waals surface area contributed by atoms with Crippen LogP contribution in [0, 0.1) is 6.57 Å².